The molecule has 1 amide bonds. The van der Waals surface area contributed by atoms with Crippen LogP contribution in [-0.2, 0) is 21.1 Å². The molecule has 4 aromatic rings. The molecule has 0 aliphatic rings. The lowest BCUT2D eigenvalue weighted by atomic mass is 10.0. The molecule has 0 aliphatic heterocycles. The molecule has 32 heavy (non-hydrogen) atoms. The minimum atomic E-state index is -0.549. The number of methoxy groups -OCH3 is 1. The van der Waals surface area contributed by atoms with Crippen molar-refractivity contribution in [2.45, 2.75) is 6.04 Å². The molecule has 0 aliphatic carbocycles. The first kappa shape index (κ1) is 21.0. The van der Waals surface area contributed by atoms with Crippen molar-refractivity contribution in [2.24, 2.45) is 21.1 Å². The second-order valence-electron chi connectivity index (χ2n) is 7.38. The topological polar surface area (TPSA) is 113 Å². The van der Waals surface area contributed by atoms with Crippen LogP contribution >= 0.6 is 0 Å². The number of hydrogen-bond acceptors (Lipinski definition) is 6. The number of carbonyl (C=O) groups excluding carboxylic acids is 1. The highest BCUT2D eigenvalue weighted by Crippen LogP contribution is 2.23. The molecule has 0 bridgehead atoms. The molecule has 0 unspecified atom stereocenters. The second-order valence-corrected chi connectivity index (χ2v) is 7.38. The number of carbonyl (C=O) groups is 1. The number of amides is 1. The van der Waals surface area contributed by atoms with Crippen LogP contribution in [0.5, 0.6) is 5.75 Å². The predicted octanol–water partition coefficient (Wildman–Crippen LogP) is 0.894. The molecule has 0 saturated heterocycles. The average molecular weight is 434 g/mol. The quantitative estimate of drug-likeness (QED) is 0.499. The van der Waals surface area contributed by atoms with E-state index in [1.54, 1.807) is 31.6 Å². The molecule has 164 valence electrons. The molecule has 1 atom stereocenters. The third-order valence-electron chi connectivity index (χ3n) is 5.40. The Morgan fingerprint density at radius 2 is 1.78 bits per heavy atom. The van der Waals surface area contributed by atoms with Gasteiger partial charge in [0.25, 0.3) is 11.5 Å². The molecular formula is C22H22N6O4. The highest BCUT2D eigenvalue weighted by atomic mass is 16.5. The number of rotatable bonds is 5. The van der Waals surface area contributed by atoms with Gasteiger partial charge in [0.1, 0.15) is 23.3 Å². The van der Waals surface area contributed by atoms with Gasteiger partial charge in [-0.3, -0.25) is 18.7 Å². The van der Waals surface area contributed by atoms with Crippen LogP contribution < -0.4 is 21.3 Å². The highest BCUT2D eigenvalue weighted by molar-refractivity contribution is 5.97. The zero-order valence-electron chi connectivity index (χ0n) is 18.1. The van der Waals surface area contributed by atoms with Crippen LogP contribution in [0.15, 0.2) is 58.5 Å². The molecule has 10 heteroatoms. The van der Waals surface area contributed by atoms with Crippen molar-refractivity contribution in [2.75, 3.05) is 7.11 Å². The summed E-state index contributed by atoms with van der Waals surface area (Å²) in [5.74, 6) is 0.897. The second kappa shape index (κ2) is 8.14. The lowest BCUT2D eigenvalue weighted by Gasteiger charge is -2.19. The van der Waals surface area contributed by atoms with Crippen LogP contribution in [0.25, 0.3) is 11.0 Å². The van der Waals surface area contributed by atoms with E-state index in [4.69, 9.17) is 4.74 Å². The Hall–Kier alpha value is -4.21. The van der Waals surface area contributed by atoms with Crippen molar-refractivity contribution in [1.82, 2.24) is 29.0 Å². The Morgan fingerprint density at radius 1 is 1.06 bits per heavy atom. The van der Waals surface area contributed by atoms with Crippen molar-refractivity contribution in [3.8, 4) is 5.75 Å². The number of imidazole rings is 1. The van der Waals surface area contributed by atoms with Gasteiger partial charge in [-0.1, -0.05) is 12.1 Å². The number of hydrogen-bond donors (Lipinski definition) is 1. The molecule has 1 N–H and O–H groups in total. The summed E-state index contributed by atoms with van der Waals surface area (Å²) in [6.45, 7) is 0. The van der Waals surface area contributed by atoms with E-state index in [0.29, 0.717) is 11.6 Å². The van der Waals surface area contributed by atoms with E-state index in [-0.39, 0.29) is 16.6 Å². The maximum absolute atomic E-state index is 13.2. The Bertz CT molecular complexity index is 1430. The van der Waals surface area contributed by atoms with Crippen LogP contribution in [0.4, 0.5) is 0 Å². The summed E-state index contributed by atoms with van der Waals surface area (Å²) in [7, 11) is 6.34. The fourth-order valence-electron chi connectivity index (χ4n) is 3.55. The minimum absolute atomic E-state index is 0.181. The van der Waals surface area contributed by atoms with E-state index in [9.17, 15) is 14.4 Å². The molecular weight excluding hydrogens is 412 g/mol. The first-order chi connectivity index (χ1) is 15.3. The zero-order valence-corrected chi connectivity index (χ0v) is 18.1. The maximum atomic E-state index is 13.2. The summed E-state index contributed by atoms with van der Waals surface area (Å²) in [6, 6.07) is 8.21. The fraction of sp³-hybridized carbons (Fsp3) is 0.227. The minimum Gasteiger partial charge on any atom is -0.497 e. The van der Waals surface area contributed by atoms with Crippen molar-refractivity contribution in [1.29, 1.82) is 0 Å². The predicted molar refractivity (Wildman–Crippen MR) is 118 cm³/mol. The Morgan fingerprint density at radius 3 is 2.41 bits per heavy atom. The summed E-state index contributed by atoms with van der Waals surface area (Å²) >= 11 is 0. The molecule has 3 aromatic heterocycles. The van der Waals surface area contributed by atoms with Gasteiger partial charge in [0.05, 0.1) is 18.1 Å². The van der Waals surface area contributed by atoms with E-state index >= 15 is 0 Å². The van der Waals surface area contributed by atoms with E-state index in [1.807, 2.05) is 23.7 Å². The monoisotopic (exact) mass is 434 g/mol. The first-order valence-corrected chi connectivity index (χ1v) is 9.79. The summed E-state index contributed by atoms with van der Waals surface area (Å²) in [4.78, 5) is 46.4. The number of ether oxygens (including phenoxy) is 1. The number of aryl methyl sites for hydroxylation is 2. The SMILES string of the molecule is COc1ccc([C@@H](NC(=O)c2cnc3c(c2)c(=O)n(C)c(=O)n3C)c2nccn2C)cc1. The largest absolute Gasteiger partial charge is 0.497 e. The number of pyridine rings is 1. The van der Waals surface area contributed by atoms with Gasteiger partial charge in [-0.25, -0.2) is 14.8 Å². The summed E-state index contributed by atoms with van der Waals surface area (Å²) < 4.78 is 9.30. The molecule has 0 fully saturated rings. The standard InChI is InChI=1S/C22H22N6O4/c1-26-10-9-23-19(26)17(13-5-7-15(32-4)8-6-13)25-20(29)14-11-16-18(24-12-14)27(2)22(31)28(3)21(16)30/h5-12,17H,1-4H3,(H,25,29)/t17-/m1/s1. The smallest absolute Gasteiger partial charge is 0.332 e. The van der Waals surface area contributed by atoms with Crippen molar-refractivity contribution < 1.29 is 9.53 Å². The molecule has 0 spiro atoms. The van der Waals surface area contributed by atoms with E-state index in [1.165, 1.54) is 30.9 Å². The van der Waals surface area contributed by atoms with Gasteiger partial charge in [-0.15, -0.1) is 0 Å². The number of benzene rings is 1. The van der Waals surface area contributed by atoms with Gasteiger partial charge in [0.2, 0.25) is 0 Å². The van der Waals surface area contributed by atoms with Crippen molar-refractivity contribution in [3.63, 3.8) is 0 Å². The Labute approximate surface area is 182 Å². The first-order valence-electron chi connectivity index (χ1n) is 9.79. The van der Waals surface area contributed by atoms with E-state index in [2.05, 4.69) is 15.3 Å². The van der Waals surface area contributed by atoms with E-state index < -0.39 is 23.2 Å². The Balaban J connectivity index is 1.75. The van der Waals surface area contributed by atoms with Crippen LogP contribution in [-0.4, -0.2) is 36.7 Å². The molecule has 1 aromatic carbocycles. The molecule has 10 nitrogen and oxygen atoms in total. The van der Waals surface area contributed by atoms with E-state index in [0.717, 1.165) is 10.1 Å². The number of nitrogens with zero attached hydrogens (tertiary/aromatic N) is 5. The van der Waals surface area contributed by atoms with Gasteiger partial charge < -0.3 is 14.6 Å². The summed E-state index contributed by atoms with van der Waals surface area (Å²) in [5.41, 5.74) is 0.217. The number of nitrogens with one attached hydrogen (secondary N) is 1. The number of fused-ring (bicyclic) bond motifs is 1. The lowest BCUT2D eigenvalue weighted by Crippen LogP contribution is -2.37. The lowest BCUT2D eigenvalue weighted by molar-refractivity contribution is 0.0941. The fourth-order valence-corrected chi connectivity index (χ4v) is 3.55. The number of aromatic nitrogens is 5. The molecule has 4 rings (SSSR count). The Kier molecular flexibility index (Phi) is 5.35. The van der Waals surface area contributed by atoms with Crippen molar-refractivity contribution in [3.05, 3.63) is 86.7 Å². The normalized spacial score (nSPS) is 12.0. The zero-order chi connectivity index (χ0) is 23.0. The van der Waals surface area contributed by atoms with Gasteiger partial charge in [-0.05, 0) is 23.8 Å². The van der Waals surface area contributed by atoms with Crippen LogP contribution in [0, 0.1) is 0 Å². The molecule has 0 radical (unpaired) electrons. The highest BCUT2D eigenvalue weighted by Gasteiger charge is 2.22. The molecule has 3 heterocycles. The van der Waals surface area contributed by atoms with Crippen molar-refractivity contribution >= 4 is 16.9 Å². The van der Waals surface area contributed by atoms with Gasteiger partial charge >= 0.3 is 5.69 Å². The van der Waals surface area contributed by atoms with Crippen LogP contribution in [0.2, 0.25) is 0 Å². The maximum Gasteiger partial charge on any atom is 0.332 e. The van der Waals surface area contributed by atoms with Crippen LogP contribution in [0.3, 0.4) is 0 Å². The molecule has 0 saturated carbocycles. The average Bonchev–Trinajstić information content (AvgIpc) is 3.24. The van der Waals surface area contributed by atoms with Gasteiger partial charge in [0, 0.05) is 39.7 Å². The third-order valence-corrected chi connectivity index (χ3v) is 5.40. The summed E-state index contributed by atoms with van der Waals surface area (Å²) in [5, 5.41) is 3.16. The van der Waals surface area contributed by atoms with Gasteiger partial charge in [0.15, 0.2) is 0 Å². The third kappa shape index (κ3) is 3.55. The van der Waals surface area contributed by atoms with Crippen LogP contribution in [0.1, 0.15) is 27.8 Å². The van der Waals surface area contributed by atoms with Gasteiger partial charge in [-0.2, -0.15) is 0 Å². The summed E-state index contributed by atoms with van der Waals surface area (Å²) in [6.07, 6.45) is 4.79.